The summed E-state index contributed by atoms with van der Waals surface area (Å²) in [5.41, 5.74) is 1.66. The van der Waals surface area contributed by atoms with Gasteiger partial charge in [0.25, 0.3) is 0 Å². The number of fused-ring (bicyclic) bond motifs is 1. The van der Waals surface area contributed by atoms with E-state index in [1.165, 1.54) is 4.88 Å². The Hall–Kier alpha value is -1.44. The van der Waals surface area contributed by atoms with Gasteiger partial charge in [-0.1, -0.05) is 6.92 Å². The number of hydrogen-bond donors (Lipinski definition) is 1. The van der Waals surface area contributed by atoms with Crippen LogP contribution >= 0.6 is 11.3 Å². The van der Waals surface area contributed by atoms with Crippen LogP contribution < -0.4 is 5.32 Å². The second kappa shape index (κ2) is 9.85. The fourth-order valence-electron chi connectivity index (χ4n) is 4.10. The van der Waals surface area contributed by atoms with Crippen molar-refractivity contribution in [1.29, 1.82) is 0 Å². The summed E-state index contributed by atoms with van der Waals surface area (Å²) in [6.45, 7) is 9.20. The monoisotopic (exact) mass is 408 g/mol. The van der Waals surface area contributed by atoms with Crippen molar-refractivity contribution in [2.75, 3.05) is 38.2 Å². The highest BCUT2D eigenvalue weighted by molar-refractivity contribution is 7.17. The summed E-state index contributed by atoms with van der Waals surface area (Å²) in [4.78, 5) is 28.6. The summed E-state index contributed by atoms with van der Waals surface area (Å²) in [7, 11) is 0. The zero-order chi connectivity index (χ0) is 20.1. The van der Waals surface area contributed by atoms with Crippen LogP contribution in [0.25, 0.3) is 0 Å². The Balaban J connectivity index is 1.66. The fourth-order valence-corrected chi connectivity index (χ4v) is 5.51. The van der Waals surface area contributed by atoms with Crippen LogP contribution in [0, 0.1) is 5.92 Å². The quantitative estimate of drug-likeness (QED) is 0.700. The van der Waals surface area contributed by atoms with Crippen molar-refractivity contribution in [3.63, 3.8) is 0 Å². The summed E-state index contributed by atoms with van der Waals surface area (Å²) in [5, 5.41) is 3.67. The van der Waals surface area contributed by atoms with Crippen molar-refractivity contribution in [3.8, 4) is 0 Å². The number of rotatable bonds is 7. The second-order valence-corrected chi connectivity index (χ2v) is 8.86. The summed E-state index contributed by atoms with van der Waals surface area (Å²) in [6.07, 6.45) is 5.14. The first-order valence-corrected chi connectivity index (χ1v) is 11.3. The largest absolute Gasteiger partial charge is 0.462 e. The molecule has 1 aliphatic heterocycles. The summed E-state index contributed by atoms with van der Waals surface area (Å²) in [6, 6.07) is 0. The maximum atomic E-state index is 12.7. The number of esters is 1. The molecule has 1 aromatic rings. The highest BCUT2D eigenvalue weighted by Gasteiger charge is 2.29. The van der Waals surface area contributed by atoms with E-state index >= 15 is 0 Å². The number of ether oxygens (including phenoxy) is 2. The molecule has 7 heteroatoms. The lowest BCUT2D eigenvalue weighted by Gasteiger charge is -2.31. The number of nitrogens with zero attached hydrogens (tertiary/aromatic N) is 1. The van der Waals surface area contributed by atoms with Crippen molar-refractivity contribution in [1.82, 2.24) is 4.90 Å². The van der Waals surface area contributed by atoms with Crippen LogP contribution in [0.4, 0.5) is 5.00 Å². The van der Waals surface area contributed by atoms with E-state index < -0.39 is 0 Å². The Kier molecular flexibility index (Phi) is 7.48. The molecule has 2 aliphatic rings. The normalized spacial score (nSPS) is 20.6. The Morgan fingerprint density at radius 1 is 1.18 bits per heavy atom. The number of carbonyl (C=O) groups is 2. The van der Waals surface area contributed by atoms with Gasteiger partial charge in [0.1, 0.15) is 5.00 Å². The van der Waals surface area contributed by atoms with Crippen LogP contribution in [0.2, 0.25) is 0 Å². The van der Waals surface area contributed by atoms with Crippen molar-refractivity contribution in [3.05, 3.63) is 16.0 Å². The van der Waals surface area contributed by atoms with Gasteiger partial charge >= 0.3 is 5.97 Å². The minimum absolute atomic E-state index is 0.0629. The van der Waals surface area contributed by atoms with Gasteiger partial charge in [0, 0.05) is 24.6 Å². The zero-order valence-corrected chi connectivity index (χ0v) is 18.0. The molecule has 156 valence electrons. The predicted octanol–water partition coefficient (Wildman–Crippen LogP) is 3.49. The van der Waals surface area contributed by atoms with Gasteiger partial charge in [-0.3, -0.25) is 9.69 Å². The van der Waals surface area contributed by atoms with Crippen LogP contribution in [-0.4, -0.2) is 55.7 Å². The minimum Gasteiger partial charge on any atom is -0.462 e. The van der Waals surface area contributed by atoms with Gasteiger partial charge < -0.3 is 14.8 Å². The Labute approximate surface area is 171 Å². The van der Waals surface area contributed by atoms with E-state index in [4.69, 9.17) is 9.47 Å². The number of amides is 1. The summed E-state index contributed by atoms with van der Waals surface area (Å²) >= 11 is 1.55. The van der Waals surface area contributed by atoms with E-state index in [9.17, 15) is 9.59 Å². The molecule has 3 rings (SSSR count). The maximum Gasteiger partial charge on any atom is 0.341 e. The van der Waals surface area contributed by atoms with Crippen LogP contribution in [0.5, 0.6) is 0 Å². The van der Waals surface area contributed by atoms with Crippen LogP contribution in [0.3, 0.4) is 0 Å². The molecule has 1 fully saturated rings. The number of hydrogen-bond acceptors (Lipinski definition) is 6. The molecule has 1 N–H and O–H groups in total. The molecule has 0 aromatic carbocycles. The first kappa shape index (κ1) is 21.3. The first-order valence-electron chi connectivity index (χ1n) is 10.5. The van der Waals surface area contributed by atoms with Crippen LogP contribution in [0.15, 0.2) is 0 Å². The minimum atomic E-state index is -0.317. The van der Waals surface area contributed by atoms with Gasteiger partial charge in [0.2, 0.25) is 5.91 Å². The molecule has 1 aliphatic carbocycles. The van der Waals surface area contributed by atoms with Crippen LogP contribution in [0.1, 0.15) is 60.8 Å². The van der Waals surface area contributed by atoms with E-state index in [0.29, 0.717) is 35.7 Å². The molecular weight excluding hydrogens is 376 g/mol. The third kappa shape index (κ3) is 5.13. The van der Waals surface area contributed by atoms with Gasteiger partial charge in [-0.2, -0.15) is 0 Å². The molecule has 0 radical (unpaired) electrons. The Morgan fingerprint density at radius 3 is 2.61 bits per heavy atom. The highest BCUT2D eigenvalue weighted by atomic mass is 32.1. The molecule has 1 atom stereocenters. The number of thiophene rings is 1. The molecule has 0 bridgehead atoms. The van der Waals surface area contributed by atoms with E-state index in [-0.39, 0.29) is 11.9 Å². The third-order valence-corrected chi connectivity index (χ3v) is 6.72. The van der Waals surface area contributed by atoms with Crippen molar-refractivity contribution in [2.45, 2.75) is 59.0 Å². The molecule has 1 aromatic heterocycles. The van der Waals surface area contributed by atoms with E-state index in [1.54, 1.807) is 11.3 Å². The maximum absolute atomic E-state index is 12.7. The fraction of sp³-hybridized carbons (Fsp3) is 0.714. The highest BCUT2D eigenvalue weighted by Crippen LogP contribution is 2.40. The van der Waals surface area contributed by atoms with Crippen molar-refractivity contribution >= 4 is 28.2 Å². The molecule has 28 heavy (non-hydrogen) atoms. The van der Waals surface area contributed by atoms with Gasteiger partial charge in [-0.15, -0.1) is 11.3 Å². The number of anilines is 1. The topological polar surface area (TPSA) is 67.9 Å². The molecule has 0 spiro atoms. The number of carbonyl (C=O) groups excluding carboxylic acids is 2. The molecule has 1 unspecified atom stereocenters. The van der Waals surface area contributed by atoms with Gasteiger partial charge in [0.05, 0.1) is 24.8 Å². The average molecular weight is 409 g/mol. The van der Waals surface area contributed by atoms with E-state index in [0.717, 1.165) is 57.4 Å². The molecule has 6 nitrogen and oxygen atoms in total. The Morgan fingerprint density at radius 2 is 1.93 bits per heavy atom. The Bertz CT molecular complexity index is 695. The smallest absolute Gasteiger partial charge is 0.341 e. The van der Waals surface area contributed by atoms with Crippen molar-refractivity contribution in [2.24, 2.45) is 5.92 Å². The lowest BCUT2D eigenvalue weighted by molar-refractivity contribution is -0.118. The SMILES string of the molecule is CCOC(=O)c1c(NC(=O)CN2CCC(OCC)CC2)sc2c1CCC(C)C2. The van der Waals surface area contributed by atoms with Gasteiger partial charge in [0.15, 0.2) is 0 Å². The molecule has 1 amide bonds. The summed E-state index contributed by atoms with van der Waals surface area (Å²) in [5.74, 6) is 0.228. The zero-order valence-electron chi connectivity index (χ0n) is 17.2. The van der Waals surface area contributed by atoms with Gasteiger partial charge in [-0.25, -0.2) is 4.79 Å². The lowest BCUT2D eigenvalue weighted by atomic mass is 9.88. The molecule has 2 heterocycles. The second-order valence-electron chi connectivity index (χ2n) is 7.76. The van der Waals surface area contributed by atoms with Crippen molar-refractivity contribution < 1.29 is 19.1 Å². The number of piperidine rings is 1. The molecule has 0 saturated carbocycles. The summed E-state index contributed by atoms with van der Waals surface area (Å²) < 4.78 is 11.0. The standard InChI is InChI=1S/C21H32N2O4S/c1-4-26-15-8-10-23(11-9-15)13-18(24)22-20-19(21(25)27-5-2)16-7-6-14(3)12-17(16)28-20/h14-15H,4-13H2,1-3H3,(H,22,24). The molecular formula is C21H32N2O4S. The molecule has 1 saturated heterocycles. The lowest BCUT2D eigenvalue weighted by Crippen LogP contribution is -2.41. The first-order chi connectivity index (χ1) is 13.5. The van der Waals surface area contributed by atoms with Crippen LogP contribution in [-0.2, 0) is 27.1 Å². The number of nitrogens with one attached hydrogen (secondary N) is 1. The van der Waals surface area contributed by atoms with E-state index in [2.05, 4.69) is 17.1 Å². The number of likely N-dealkylation sites (tertiary alicyclic amines) is 1. The predicted molar refractivity (Wildman–Crippen MR) is 111 cm³/mol. The third-order valence-electron chi connectivity index (χ3n) is 5.55. The van der Waals surface area contributed by atoms with Gasteiger partial charge in [-0.05, 0) is 57.4 Å². The average Bonchev–Trinajstić information content (AvgIpc) is 3.00. The van der Waals surface area contributed by atoms with E-state index in [1.807, 2.05) is 13.8 Å².